The van der Waals surface area contributed by atoms with Gasteiger partial charge in [-0.1, -0.05) is 30.3 Å². The Bertz CT molecular complexity index is 1470. The molecule has 0 radical (unpaired) electrons. The second-order valence-electron chi connectivity index (χ2n) is 7.16. The van der Waals surface area contributed by atoms with E-state index in [0.717, 1.165) is 5.56 Å². The van der Waals surface area contributed by atoms with E-state index in [1.165, 1.54) is 35.3 Å². The molecule has 0 aliphatic heterocycles. The second-order valence-corrected chi connectivity index (χ2v) is 8.67. The molecule has 2 heterocycles. The number of benzene rings is 2. The van der Waals surface area contributed by atoms with Crippen LogP contribution in [0.4, 0.5) is 5.69 Å². The van der Waals surface area contributed by atoms with E-state index in [1.54, 1.807) is 12.1 Å². The number of amides is 1. The van der Waals surface area contributed by atoms with Crippen molar-refractivity contribution in [2.24, 2.45) is 5.14 Å². The molecule has 32 heavy (non-hydrogen) atoms. The van der Waals surface area contributed by atoms with Crippen molar-refractivity contribution in [1.82, 2.24) is 14.5 Å². The zero-order valence-electron chi connectivity index (χ0n) is 17.0. The number of hydrogen-bond acceptors (Lipinski definition) is 6. The Balaban J connectivity index is 1.64. The molecule has 10 heteroatoms. The lowest BCUT2D eigenvalue weighted by Crippen LogP contribution is -2.24. The maximum atomic E-state index is 13.1. The first kappa shape index (κ1) is 21.3. The smallest absolute Gasteiger partial charge is 0.261 e. The summed E-state index contributed by atoms with van der Waals surface area (Å²) < 4.78 is 24.1. The molecule has 2 aromatic heterocycles. The molecule has 4 aromatic rings. The van der Waals surface area contributed by atoms with Crippen molar-refractivity contribution in [2.75, 3.05) is 5.32 Å². The lowest BCUT2D eigenvalue weighted by molar-refractivity contribution is 0.102. The zero-order chi connectivity index (χ0) is 22.9. The number of anilines is 1. The Morgan fingerprint density at radius 2 is 1.81 bits per heavy atom. The van der Waals surface area contributed by atoms with Gasteiger partial charge in [-0.2, -0.15) is 0 Å². The fourth-order valence-electron chi connectivity index (χ4n) is 3.27. The summed E-state index contributed by atoms with van der Waals surface area (Å²) in [5, 5.41) is 7.64. The molecule has 0 saturated carbocycles. The van der Waals surface area contributed by atoms with Crippen LogP contribution < -0.4 is 16.0 Å². The summed E-state index contributed by atoms with van der Waals surface area (Å²) in [7, 11) is -3.93. The third-order valence-electron chi connectivity index (χ3n) is 5.03. The summed E-state index contributed by atoms with van der Waals surface area (Å²) in [6.45, 7) is 1.90. The number of fused-ring (bicyclic) bond motifs is 1. The molecule has 1 atom stereocenters. The van der Waals surface area contributed by atoms with Gasteiger partial charge in [0.05, 0.1) is 35.2 Å². The minimum absolute atomic E-state index is 0.235. The number of rotatable bonds is 5. The number of primary sulfonamides is 1. The lowest BCUT2D eigenvalue weighted by Gasteiger charge is -2.15. The molecule has 0 saturated heterocycles. The van der Waals surface area contributed by atoms with Crippen LogP contribution in [0.1, 0.15) is 28.9 Å². The van der Waals surface area contributed by atoms with Crippen LogP contribution in [-0.4, -0.2) is 28.9 Å². The highest BCUT2D eigenvalue weighted by molar-refractivity contribution is 7.89. The SMILES string of the molecule is C[C@@H](c1ccccc1)n1cnc2ccc(C(=O)Nc3ccc(S(N)(=O)=O)nc3)cc2c1=O. The molecule has 2 aromatic carbocycles. The normalized spacial score (nSPS) is 12.4. The van der Waals surface area contributed by atoms with Gasteiger partial charge in [-0.3, -0.25) is 14.2 Å². The van der Waals surface area contributed by atoms with Crippen molar-refractivity contribution >= 4 is 32.5 Å². The maximum Gasteiger partial charge on any atom is 0.261 e. The standard InChI is InChI=1S/C22H19N5O4S/c1-14(15-5-3-2-4-6-15)27-13-25-19-9-7-16(11-18(19)22(27)29)21(28)26-17-8-10-20(24-12-17)32(23,30)31/h2-14H,1H3,(H,26,28)(H2,23,30,31)/t14-/m0/s1. The van der Waals surface area contributed by atoms with Gasteiger partial charge in [0.25, 0.3) is 21.5 Å². The first-order valence-corrected chi connectivity index (χ1v) is 11.1. The second kappa shape index (κ2) is 8.33. The van der Waals surface area contributed by atoms with E-state index in [1.807, 2.05) is 37.3 Å². The fraction of sp³-hybridized carbons (Fsp3) is 0.0909. The topological polar surface area (TPSA) is 137 Å². The molecule has 0 unspecified atom stereocenters. The van der Waals surface area contributed by atoms with Crippen molar-refractivity contribution in [3.63, 3.8) is 0 Å². The summed E-state index contributed by atoms with van der Waals surface area (Å²) in [6, 6.07) is 16.5. The quantitative estimate of drug-likeness (QED) is 0.480. The summed E-state index contributed by atoms with van der Waals surface area (Å²) >= 11 is 0. The third kappa shape index (κ3) is 4.27. The minimum Gasteiger partial charge on any atom is -0.321 e. The summed E-state index contributed by atoms with van der Waals surface area (Å²) in [4.78, 5) is 33.9. The van der Waals surface area contributed by atoms with Crippen molar-refractivity contribution in [3.8, 4) is 0 Å². The average molecular weight is 449 g/mol. The molecule has 0 spiro atoms. The van der Waals surface area contributed by atoms with Gasteiger partial charge in [-0.05, 0) is 42.8 Å². The third-order valence-corrected chi connectivity index (χ3v) is 5.85. The van der Waals surface area contributed by atoms with Gasteiger partial charge in [0.2, 0.25) is 0 Å². The van der Waals surface area contributed by atoms with E-state index in [2.05, 4.69) is 15.3 Å². The van der Waals surface area contributed by atoms with E-state index in [4.69, 9.17) is 5.14 Å². The van der Waals surface area contributed by atoms with Crippen LogP contribution in [0.15, 0.2) is 83.0 Å². The largest absolute Gasteiger partial charge is 0.321 e. The number of pyridine rings is 1. The summed E-state index contributed by atoms with van der Waals surface area (Å²) in [5.41, 5.74) is 1.70. The highest BCUT2D eigenvalue weighted by Crippen LogP contribution is 2.18. The Morgan fingerprint density at radius 1 is 1.06 bits per heavy atom. The Morgan fingerprint density at radius 3 is 2.47 bits per heavy atom. The van der Waals surface area contributed by atoms with E-state index < -0.39 is 15.9 Å². The molecule has 4 rings (SSSR count). The number of aromatic nitrogens is 3. The molecule has 1 amide bonds. The fourth-order valence-corrected chi connectivity index (χ4v) is 3.73. The molecule has 0 fully saturated rings. The number of carbonyl (C=O) groups is 1. The Hall–Kier alpha value is -3.89. The number of nitrogens with one attached hydrogen (secondary N) is 1. The van der Waals surface area contributed by atoms with E-state index in [0.29, 0.717) is 10.9 Å². The van der Waals surface area contributed by atoms with Gasteiger partial charge in [-0.15, -0.1) is 0 Å². The van der Waals surface area contributed by atoms with Crippen LogP contribution in [-0.2, 0) is 10.0 Å². The predicted octanol–water partition coefficient (Wildman–Crippen LogP) is 2.30. The molecule has 0 aliphatic carbocycles. The van der Waals surface area contributed by atoms with Crippen LogP contribution in [0.5, 0.6) is 0 Å². The average Bonchev–Trinajstić information content (AvgIpc) is 2.79. The van der Waals surface area contributed by atoms with Gasteiger partial charge < -0.3 is 5.32 Å². The lowest BCUT2D eigenvalue weighted by atomic mass is 10.1. The van der Waals surface area contributed by atoms with Crippen LogP contribution >= 0.6 is 0 Å². The number of carbonyl (C=O) groups excluding carboxylic acids is 1. The number of nitrogens with zero attached hydrogens (tertiary/aromatic N) is 3. The van der Waals surface area contributed by atoms with Crippen LogP contribution in [0.25, 0.3) is 10.9 Å². The zero-order valence-corrected chi connectivity index (χ0v) is 17.8. The van der Waals surface area contributed by atoms with Crippen LogP contribution in [0.2, 0.25) is 0 Å². The molecular weight excluding hydrogens is 430 g/mol. The highest BCUT2D eigenvalue weighted by atomic mass is 32.2. The van der Waals surface area contributed by atoms with Crippen molar-refractivity contribution in [2.45, 2.75) is 18.0 Å². The van der Waals surface area contributed by atoms with Gasteiger partial charge in [0.15, 0.2) is 5.03 Å². The Kier molecular flexibility index (Phi) is 5.56. The number of hydrogen-bond donors (Lipinski definition) is 2. The molecule has 162 valence electrons. The minimum atomic E-state index is -3.93. The first-order chi connectivity index (χ1) is 15.2. The highest BCUT2D eigenvalue weighted by Gasteiger charge is 2.15. The van der Waals surface area contributed by atoms with Crippen LogP contribution in [0.3, 0.4) is 0 Å². The number of nitrogens with two attached hydrogens (primary N) is 1. The van der Waals surface area contributed by atoms with E-state index in [-0.39, 0.29) is 27.9 Å². The van der Waals surface area contributed by atoms with Gasteiger partial charge >= 0.3 is 0 Å². The maximum absolute atomic E-state index is 13.1. The molecule has 9 nitrogen and oxygen atoms in total. The van der Waals surface area contributed by atoms with Gasteiger partial charge in [0.1, 0.15) is 0 Å². The van der Waals surface area contributed by atoms with Crippen molar-refractivity contribution < 1.29 is 13.2 Å². The van der Waals surface area contributed by atoms with Gasteiger partial charge in [-0.25, -0.2) is 23.5 Å². The molecule has 0 bridgehead atoms. The molecule has 0 aliphatic rings. The van der Waals surface area contributed by atoms with E-state index in [9.17, 15) is 18.0 Å². The predicted molar refractivity (Wildman–Crippen MR) is 120 cm³/mol. The van der Waals surface area contributed by atoms with Crippen LogP contribution in [0, 0.1) is 0 Å². The Labute approximate surface area is 183 Å². The summed E-state index contributed by atoms with van der Waals surface area (Å²) in [5.74, 6) is -0.483. The molecular formula is C22H19N5O4S. The van der Waals surface area contributed by atoms with Crippen molar-refractivity contribution in [3.05, 3.63) is 94.7 Å². The monoisotopic (exact) mass is 449 g/mol. The van der Waals surface area contributed by atoms with Crippen molar-refractivity contribution in [1.29, 1.82) is 0 Å². The molecule has 3 N–H and O–H groups in total. The van der Waals surface area contributed by atoms with Gasteiger partial charge in [0, 0.05) is 5.56 Å². The summed E-state index contributed by atoms with van der Waals surface area (Å²) in [6.07, 6.45) is 2.69. The number of sulfonamides is 1. The van der Waals surface area contributed by atoms with E-state index >= 15 is 0 Å². The first-order valence-electron chi connectivity index (χ1n) is 9.60.